The molecular weight excluding hydrogens is 541 g/mol. The average molecular weight is 567 g/mol. The molecule has 4 N–H and O–H groups in total. The maximum absolute atomic E-state index is 13.0. The summed E-state index contributed by atoms with van der Waals surface area (Å²) in [6.07, 6.45) is 1.17. The summed E-state index contributed by atoms with van der Waals surface area (Å²) in [7, 11) is 0. The second-order valence-electron chi connectivity index (χ2n) is 9.55. The molecule has 0 radical (unpaired) electrons. The van der Waals surface area contributed by atoms with Gasteiger partial charge in [0.25, 0.3) is 5.91 Å². The number of halogens is 4. The Bertz CT molecular complexity index is 1360. The number of alkyl halides is 3. The number of carbonyl (C=O) groups excluding carboxylic acids is 2. The molecule has 5 rings (SSSR count). The lowest BCUT2D eigenvalue weighted by Gasteiger charge is -2.29. The summed E-state index contributed by atoms with van der Waals surface area (Å²) >= 11 is 5.92. The largest absolute Gasteiger partial charge is 0.446 e. The van der Waals surface area contributed by atoms with Crippen LogP contribution in [0.2, 0.25) is 5.15 Å². The van der Waals surface area contributed by atoms with Crippen LogP contribution in [0, 0.1) is 0 Å². The van der Waals surface area contributed by atoms with Crippen molar-refractivity contribution in [2.45, 2.75) is 62.9 Å². The lowest BCUT2D eigenvalue weighted by atomic mass is 9.93. The molecular formula is C24H26ClF3N8O3. The molecule has 0 aliphatic heterocycles. The molecule has 2 saturated carbocycles. The smallest absolute Gasteiger partial charge is 0.407 e. The van der Waals surface area contributed by atoms with Crippen LogP contribution in [0.1, 0.15) is 49.0 Å². The van der Waals surface area contributed by atoms with Crippen molar-refractivity contribution in [3.63, 3.8) is 0 Å². The quantitative estimate of drug-likeness (QED) is 0.290. The van der Waals surface area contributed by atoms with Gasteiger partial charge in [0.05, 0.1) is 11.9 Å². The lowest BCUT2D eigenvalue weighted by molar-refractivity contribution is -0.124. The zero-order valence-corrected chi connectivity index (χ0v) is 21.3. The molecule has 2 amide bonds. The maximum atomic E-state index is 13.0. The SMILES string of the molecule is O=C(NCC(F)(F)F)OC1CCC(Nc2cc(NC3CC3)c3ncc(C(=O)Nc4ccnc(Cl)c4)n3n2)CC1. The number of anilines is 3. The van der Waals surface area contributed by atoms with Crippen LogP contribution in [0.3, 0.4) is 0 Å². The van der Waals surface area contributed by atoms with Crippen LogP contribution < -0.4 is 21.3 Å². The van der Waals surface area contributed by atoms with E-state index in [1.807, 2.05) is 6.07 Å². The zero-order chi connectivity index (χ0) is 27.6. The lowest BCUT2D eigenvalue weighted by Crippen LogP contribution is -2.38. The topological polar surface area (TPSA) is 135 Å². The van der Waals surface area contributed by atoms with Gasteiger partial charge in [-0.1, -0.05) is 11.6 Å². The van der Waals surface area contributed by atoms with E-state index >= 15 is 0 Å². The van der Waals surface area contributed by atoms with E-state index in [2.05, 4.69) is 31.0 Å². The molecule has 3 heterocycles. The van der Waals surface area contributed by atoms with E-state index in [9.17, 15) is 22.8 Å². The van der Waals surface area contributed by atoms with Gasteiger partial charge in [-0.3, -0.25) is 4.79 Å². The first-order valence-electron chi connectivity index (χ1n) is 12.5. The average Bonchev–Trinajstić information content (AvgIpc) is 3.58. The number of hydrogen-bond acceptors (Lipinski definition) is 8. The maximum Gasteiger partial charge on any atom is 0.407 e. The standard InChI is InChI=1S/C24H26ClF3N8O3/c25-19-9-15(7-8-29-19)34-22(37)18-11-30-21-17(32-13-1-2-13)10-20(35-36(18)21)33-14-3-5-16(6-4-14)39-23(38)31-12-24(26,27)28/h7-11,13-14,16,32H,1-6,12H2,(H,31,38)(H,33,35)(H,29,34,37). The number of alkyl carbamates (subject to hydrolysis) is 1. The predicted octanol–water partition coefficient (Wildman–Crippen LogP) is 4.62. The molecule has 208 valence electrons. The number of carbonyl (C=O) groups is 2. The van der Waals surface area contributed by atoms with Crippen LogP contribution >= 0.6 is 11.6 Å². The van der Waals surface area contributed by atoms with Gasteiger partial charge >= 0.3 is 12.3 Å². The molecule has 11 nitrogen and oxygen atoms in total. The highest BCUT2D eigenvalue weighted by atomic mass is 35.5. The summed E-state index contributed by atoms with van der Waals surface area (Å²) in [5.74, 6) is 0.102. The minimum Gasteiger partial charge on any atom is -0.446 e. The molecule has 3 aromatic heterocycles. The fourth-order valence-corrected chi connectivity index (χ4v) is 4.50. The van der Waals surface area contributed by atoms with Crippen LogP contribution in [0.15, 0.2) is 30.6 Å². The van der Waals surface area contributed by atoms with E-state index in [0.717, 1.165) is 18.5 Å². The molecule has 0 bridgehead atoms. The van der Waals surface area contributed by atoms with Crippen LogP contribution in [-0.4, -0.2) is 62.5 Å². The van der Waals surface area contributed by atoms with Crippen LogP contribution in [-0.2, 0) is 4.74 Å². The number of pyridine rings is 1. The Kier molecular flexibility index (Phi) is 7.64. The highest BCUT2D eigenvalue weighted by Gasteiger charge is 2.30. The van der Waals surface area contributed by atoms with Crippen molar-refractivity contribution in [1.29, 1.82) is 0 Å². The highest BCUT2D eigenvalue weighted by molar-refractivity contribution is 6.29. The summed E-state index contributed by atoms with van der Waals surface area (Å²) in [6.45, 7) is -1.43. The second kappa shape index (κ2) is 11.1. The van der Waals surface area contributed by atoms with Crippen molar-refractivity contribution in [1.82, 2.24) is 24.9 Å². The van der Waals surface area contributed by atoms with Crippen molar-refractivity contribution in [2.75, 3.05) is 22.5 Å². The fraction of sp³-hybridized carbons (Fsp3) is 0.458. The number of imidazole rings is 1. The summed E-state index contributed by atoms with van der Waals surface area (Å²) in [5.41, 5.74) is 1.95. The third-order valence-corrected chi connectivity index (χ3v) is 6.56. The van der Waals surface area contributed by atoms with Crippen molar-refractivity contribution >= 4 is 46.4 Å². The first kappa shape index (κ1) is 26.8. The van der Waals surface area contributed by atoms with Gasteiger partial charge in [0, 0.05) is 30.0 Å². The summed E-state index contributed by atoms with van der Waals surface area (Å²) in [5, 5.41) is 16.2. The molecule has 2 fully saturated rings. The Hall–Kier alpha value is -3.81. The molecule has 39 heavy (non-hydrogen) atoms. The first-order chi connectivity index (χ1) is 18.6. The number of aromatic nitrogens is 4. The number of hydrogen-bond donors (Lipinski definition) is 4. The van der Waals surface area contributed by atoms with Gasteiger partial charge in [0.2, 0.25) is 0 Å². The molecule has 2 aliphatic rings. The van der Waals surface area contributed by atoms with Gasteiger partial charge in [-0.25, -0.2) is 19.3 Å². The van der Waals surface area contributed by atoms with Crippen LogP contribution in [0.4, 0.5) is 35.2 Å². The molecule has 0 unspecified atom stereocenters. The molecule has 15 heteroatoms. The number of nitrogens with one attached hydrogen (secondary N) is 4. The fourth-order valence-electron chi connectivity index (χ4n) is 4.32. The van der Waals surface area contributed by atoms with Gasteiger partial charge in [-0.15, -0.1) is 5.10 Å². The normalized spacial score (nSPS) is 19.4. The number of amides is 2. The minimum atomic E-state index is -4.50. The number of ether oxygens (including phenoxy) is 1. The van der Waals surface area contributed by atoms with E-state index in [-0.39, 0.29) is 16.9 Å². The third-order valence-electron chi connectivity index (χ3n) is 6.35. The zero-order valence-electron chi connectivity index (χ0n) is 20.6. The van der Waals surface area contributed by atoms with Crippen molar-refractivity contribution in [2.24, 2.45) is 0 Å². The third kappa shape index (κ3) is 7.19. The van der Waals surface area contributed by atoms with Gasteiger partial charge in [-0.05, 0) is 50.7 Å². The van der Waals surface area contributed by atoms with Gasteiger partial charge < -0.3 is 26.0 Å². The molecule has 0 spiro atoms. The highest BCUT2D eigenvalue weighted by Crippen LogP contribution is 2.30. The Morgan fingerprint density at radius 3 is 2.46 bits per heavy atom. The molecule has 0 aromatic carbocycles. The predicted molar refractivity (Wildman–Crippen MR) is 137 cm³/mol. The Labute approximate surface area is 225 Å². The number of fused-ring (bicyclic) bond motifs is 1. The summed E-state index contributed by atoms with van der Waals surface area (Å²) < 4.78 is 43.5. The monoisotopic (exact) mass is 566 g/mol. The summed E-state index contributed by atoms with van der Waals surface area (Å²) in [4.78, 5) is 33.0. The molecule has 0 atom stereocenters. The van der Waals surface area contributed by atoms with Gasteiger partial charge in [0.1, 0.15) is 23.6 Å². The first-order valence-corrected chi connectivity index (χ1v) is 12.9. The van der Waals surface area contributed by atoms with E-state index in [1.54, 1.807) is 11.4 Å². The van der Waals surface area contributed by atoms with Crippen molar-refractivity contribution in [3.8, 4) is 0 Å². The minimum absolute atomic E-state index is 0.0124. The van der Waals surface area contributed by atoms with Crippen LogP contribution in [0.25, 0.3) is 5.65 Å². The summed E-state index contributed by atoms with van der Waals surface area (Å²) in [6, 6.07) is 5.31. The molecule has 0 saturated heterocycles. The Morgan fingerprint density at radius 2 is 1.77 bits per heavy atom. The van der Waals surface area contributed by atoms with E-state index in [0.29, 0.717) is 48.9 Å². The van der Waals surface area contributed by atoms with E-state index in [1.165, 1.54) is 23.0 Å². The van der Waals surface area contributed by atoms with Crippen molar-refractivity contribution < 1.29 is 27.5 Å². The molecule has 2 aliphatic carbocycles. The second-order valence-corrected chi connectivity index (χ2v) is 9.94. The van der Waals surface area contributed by atoms with Gasteiger partial charge in [-0.2, -0.15) is 13.2 Å². The van der Waals surface area contributed by atoms with E-state index < -0.39 is 30.8 Å². The van der Waals surface area contributed by atoms with Crippen LogP contribution in [0.5, 0.6) is 0 Å². The van der Waals surface area contributed by atoms with Crippen molar-refractivity contribution in [3.05, 3.63) is 41.4 Å². The number of nitrogens with zero attached hydrogens (tertiary/aromatic N) is 4. The Balaban J connectivity index is 1.26. The number of rotatable bonds is 8. The van der Waals surface area contributed by atoms with E-state index in [4.69, 9.17) is 16.3 Å². The Morgan fingerprint density at radius 1 is 1.05 bits per heavy atom. The molecule has 3 aromatic rings. The van der Waals surface area contributed by atoms with Gasteiger partial charge in [0.15, 0.2) is 11.3 Å².